The highest BCUT2D eigenvalue weighted by Crippen LogP contribution is 2.32. The second kappa shape index (κ2) is 5.30. The molecule has 0 aliphatic rings. The number of hydrogen-bond donors (Lipinski definition) is 0. The van der Waals surface area contributed by atoms with E-state index < -0.39 is 28.1 Å². The average Bonchev–Trinajstić information content (AvgIpc) is 2.27. The molecule has 18 heavy (non-hydrogen) atoms. The highest BCUT2D eigenvalue weighted by Gasteiger charge is 2.34. The van der Waals surface area contributed by atoms with Crippen molar-refractivity contribution in [1.82, 2.24) is 9.97 Å². The maximum absolute atomic E-state index is 11.4. The van der Waals surface area contributed by atoms with E-state index in [1.807, 2.05) is 0 Å². The predicted molar refractivity (Wildman–Crippen MR) is 59.3 cm³/mol. The Hall–Kier alpha value is -2.38. The van der Waals surface area contributed by atoms with Crippen molar-refractivity contribution in [3.8, 4) is 5.88 Å². The molecule has 0 aliphatic carbocycles. The van der Waals surface area contributed by atoms with Gasteiger partial charge in [-0.15, -0.1) is 0 Å². The molecular formula is C10H11N3O5. The molecule has 0 atom stereocenters. The fraction of sp³-hybridized carbons (Fsp3) is 0.400. The van der Waals surface area contributed by atoms with Gasteiger partial charge in [0.15, 0.2) is 0 Å². The minimum absolute atomic E-state index is 0.244. The lowest BCUT2D eigenvalue weighted by atomic mass is 9.95. The molecule has 0 unspecified atom stereocenters. The Balaban J connectivity index is 3.52. The minimum Gasteiger partial charge on any atom is -0.476 e. The first-order valence-corrected chi connectivity index (χ1v) is 4.94. The fourth-order valence-corrected chi connectivity index (χ4v) is 1.58. The Morgan fingerprint density at radius 2 is 1.89 bits per heavy atom. The Kier molecular flexibility index (Phi) is 4.03. The van der Waals surface area contributed by atoms with Crippen LogP contribution < -0.4 is 4.74 Å². The molecule has 1 aromatic rings. The van der Waals surface area contributed by atoms with Crippen LogP contribution in [-0.2, 0) is 9.59 Å². The van der Waals surface area contributed by atoms with E-state index in [4.69, 9.17) is 4.74 Å². The van der Waals surface area contributed by atoms with Crippen molar-refractivity contribution in [2.45, 2.75) is 19.8 Å². The molecule has 1 heterocycles. The van der Waals surface area contributed by atoms with Gasteiger partial charge in [0.1, 0.15) is 29.5 Å². The van der Waals surface area contributed by atoms with E-state index in [9.17, 15) is 19.7 Å². The van der Waals surface area contributed by atoms with Gasteiger partial charge in [0.05, 0.1) is 12.0 Å². The molecule has 0 spiro atoms. The summed E-state index contributed by atoms with van der Waals surface area (Å²) >= 11 is 0. The standard InChI is InChI=1S/C10H11N3O5/c1-5(14)7(6(2)15)8-9(13(16)17)10(18-3)12-4-11-8/h4,7H,1-3H3. The number of methoxy groups -OCH3 is 1. The van der Waals surface area contributed by atoms with Gasteiger partial charge in [-0.1, -0.05) is 0 Å². The largest absolute Gasteiger partial charge is 0.476 e. The predicted octanol–water partition coefficient (Wildman–Crippen LogP) is 0.655. The van der Waals surface area contributed by atoms with Crippen LogP contribution in [-0.4, -0.2) is 33.6 Å². The maximum Gasteiger partial charge on any atom is 0.353 e. The van der Waals surface area contributed by atoms with E-state index in [0.29, 0.717) is 0 Å². The van der Waals surface area contributed by atoms with Crippen LogP contribution in [0.15, 0.2) is 6.33 Å². The Morgan fingerprint density at radius 3 is 2.28 bits per heavy atom. The number of Topliss-reactive ketones (excluding diaryl/α,β-unsaturated/α-hetero) is 2. The number of carbonyl (C=O) groups excluding carboxylic acids is 2. The number of hydrogen-bond acceptors (Lipinski definition) is 7. The van der Waals surface area contributed by atoms with E-state index in [2.05, 4.69) is 9.97 Å². The first-order valence-electron chi connectivity index (χ1n) is 4.94. The third kappa shape index (κ3) is 2.47. The van der Waals surface area contributed by atoms with E-state index in [1.54, 1.807) is 0 Å². The SMILES string of the molecule is COc1ncnc(C(C(C)=O)C(C)=O)c1[N+](=O)[O-]. The number of nitro groups is 1. The number of nitrogens with zero attached hydrogens (tertiary/aromatic N) is 3. The molecule has 0 amide bonds. The van der Waals surface area contributed by atoms with Gasteiger partial charge in [-0.05, 0) is 13.8 Å². The van der Waals surface area contributed by atoms with Crippen molar-refractivity contribution in [2.75, 3.05) is 7.11 Å². The summed E-state index contributed by atoms with van der Waals surface area (Å²) in [7, 11) is 1.20. The van der Waals surface area contributed by atoms with Crippen LogP contribution in [0.1, 0.15) is 25.5 Å². The number of rotatable bonds is 5. The number of carbonyl (C=O) groups is 2. The summed E-state index contributed by atoms with van der Waals surface area (Å²) in [6.45, 7) is 2.34. The molecule has 0 fully saturated rings. The van der Waals surface area contributed by atoms with Crippen LogP contribution in [0, 0.1) is 10.1 Å². The van der Waals surface area contributed by atoms with Gasteiger partial charge in [0, 0.05) is 0 Å². The topological polar surface area (TPSA) is 112 Å². The fourth-order valence-electron chi connectivity index (χ4n) is 1.58. The van der Waals surface area contributed by atoms with Crippen LogP contribution in [0.5, 0.6) is 5.88 Å². The summed E-state index contributed by atoms with van der Waals surface area (Å²) in [6, 6.07) is 0. The molecule has 8 nitrogen and oxygen atoms in total. The van der Waals surface area contributed by atoms with Gasteiger partial charge in [-0.25, -0.2) is 4.98 Å². The molecule has 0 saturated carbocycles. The average molecular weight is 253 g/mol. The smallest absolute Gasteiger partial charge is 0.353 e. The monoisotopic (exact) mass is 253 g/mol. The number of aromatic nitrogens is 2. The molecular weight excluding hydrogens is 242 g/mol. The maximum atomic E-state index is 11.4. The second-order valence-electron chi connectivity index (χ2n) is 3.53. The molecule has 0 N–H and O–H groups in total. The highest BCUT2D eigenvalue weighted by molar-refractivity contribution is 6.06. The first kappa shape index (κ1) is 13.7. The van der Waals surface area contributed by atoms with Crippen LogP contribution >= 0.6 is 0 Å². The molecule has 0 aromatic carbocycles. The van der Waals surface area contributed by atoms with Crippen LogP contribution in [0.2, 0.25) is 0 Å². The Labute approximate surface area is 102 Å². The van der Waals surface area contributed by atoms with Crippen molar-refractivity contribution in [3.05, 3.63) is 22.1 Å². The lowest BCUT2D eigenvalue weighted by molar-refractivity contribution is -0.387. The third-order valence-electron chi connectivity index (χ3n) is 2.28. The number of ketones is 2. The van der Waals surface area contributed by atoms with Gasteiger partial charge in [0.2, 0.25) is 0 Å². The summed E-state index contributed by atoms with van der Waals surface area (Å²) in [5, 5.41) is 11.0. The molecule has 0 radical (unpaired) electrons. The van der Waals surface area contributed by atoms with Gasteiger partial charge in [0.25, 0.3) is 5.88 Å². The first-order chi connectivity index (χ1) is 8.40. The molecule has 96 valence electrons. The summed E-state index contributed by atoms with van der Waals surface area (Å²) in [6.07, 6.45) is 1.01. The molecule has 8 heteroatoms. The summed E-state index contributed by atoms with van der Waals surface area (Å²) in [5.74, 6) is -2.60. The zero-order valence-corrected chi connectivity index (χ0v) is 10.0. The van der Waals surface area contributed by atoms with Crippen molar-refractivity contribution in [3.63, 3.8) is 0 Å². The third-order valence-corrected chi connectivity index (χ3v) is 2.28. The molecule has 0 bridgehead atoms. The van der Waals surface area contributed by atoms with Crippen molar-refractivity contribution in [2.24, 2.45) is 0 Å². The molecule has 0 saturated heterocycles. The van der Waals surface area contributed by atoms with E-state index in [1.165, 1.54) is 21.0 Å². The van der Waals surface area contributed by atoms with Gasteiger partial charge in [-0.3, -0.25) is 19.7 Å². The molecule has 0 aliphatic heterocycles. The summed E-state index contributed by atoms with van der Waals surface area (Å²) in [4.78, 5) is 40.3. The van der Waals surface area contributed by atoms with Crippen LogP contribution in [0.25, 0.3) is 0 Å². The normalized spacial score (nSPS) is 10.2. The van der Waals surface area contributed by atoms with Crippen LogP contribution in [0.3, 0.4) is 0 Å². The van der Waals surface area contributed by atoms with E-state index >= 15 is 0 Å². The zero-order chi connectivity index (χ0) is 13.9. The van der Waals surface area contributed by atoms with E-state index in [0.717, 1.165) is 6.33 Å². The summed E-state index contributed by atoms with van der Waals surface area (Å²) in [5.41, 5.74) is -0.803. The van der Waals surface area contributed by atoms with Gasteiger partial charge in [-0.2, -0.15) is 4.98 Å². The van der Waals surface area contributed by atoms with Crippen LogP contribution in [0.4, 0.5) is 5.69 Å². The Bertz CT molecular complexity index is 500. The second-order valence-corrected chi connectivity index (χ2v) is 3.53. The Morgan fingerprint density at radius 1 is 1.33 bits per heavy atom. The van der Waals surface area contributed by atoms with Crippen molar-refractivity contribution >= 4 is 17.3 Å². The summed E-state index contributed by atoms with van der Waals surface area (Å²) < 4.78 is 4.74. The van der Waals surface area contributed by atoms with Gasteiger partial charge >= 0.3 is 5.69 Å². The van der Waals surface area contributed by atoms with E-state index in [-0.39, 0.29) is 11.6 Å². The quantitative estimate of drug-likeness (QED) is 0.430. The molecule has 1 aromatic heterocycles. The minimum atomic E-state index is -1.28. The lowest BCUT2D eigenvalue weighted by Crippen LogP contribution is -2.20. The number of ether oxygens (including phenoxy) is 1. The van der Waals surface area contributed by atoms with Crippen molar-refractivity contribution in [1.29, 1.82) is 0 Å². The van der Waals surface area contributed by atoms with Gasteiger partial charge < -0.3 is 4.74 Å². The highest BCUT2D eigenvalue weighted by atomic mass is 16.6. The zero-order valence-electron chi connectivity index (χ0n) is 10.0. The lowest BCUT2D eigenvalue weighted by Gasteiger charge is -2.10. The van der Waals surface area contributed by atoms with Crippen molar-refractivity contribution < 1.29 is 19.2 Å². The molecule has 1 rings (SSSR count).